The van der Waals surface area contributed by atoms with Gasteiger partial charge in [-0.1, -0.05) is 12.1 Å². The van der Waals surface area contributed by atoms with Gasteiger partial charge in [0, 0.05) is 12.3 Å². The molecular weight excluding hydrogens is 310 g/mol. The molecule has 0 aliphatic carbocycles. The minimum Gasteiger partial charge on any atom is -0.397 e. The van der Waals surface area contributed by atoms with E-state index in [1.165, 1.54) is 12.3 Å². The number of thiazole rings is 1. The van der Waals surface area contributed by atoms with Crippen molar-refractivity contribution in [3.05, 3.63) is 34.3 Å². The van der Waals surface area contributed by atoms with Crippen molar-refractivity contribution in [3.8, 4) is 0 Å². The van der Waals surface area contributed by atoms with Gasteiger partial charge in [-0.25, -0.2) is 13.4 Å². The molecule has 0 fully saturated rings. The van der Waals surface area contributed by atoms with Crippen LogP contribution in [0.3, 0.4) is 0 Å². The number of Topliss-reactive ketones (excluding diaryl/α,β-unsaturated/α-hetero) is 1. The molecule has 1 heterocycles. The number of aromatic nitrogens is 1. The number of nitrogen functional groups attached to an aromatic ring is 1. The van der Waals surface area contributed by atoms with Gasteiger partial charge in [-0.3, -0.25) is 9.52 Å². The normalized spacial score (nSPS) is 11.4. The van der Waals surface area contributed by atoms with Crippen molar-refractivity contribution in [2.24, 2.45) is 0 Å². The monoisotopic (exact) mass is 325 g/mol. The highest BCUT2D eigenvalue weighted by molar-refractivity contribution is 7.93. The van der Waals surface area contributed by atoms with E-state index in [4.69, 9.17) is 5.73 Å². The molecule has 3 N–H and O–H groups in total. The number of benzene rings is 1. The van der Waals surface area contributed by atoms with Crippen LogP contribution in [-0.4, -0.2) is 19.2 Å². The van der Waals surface area contributed by atoms with E-state index in [0.717, 1.165) is 11.3 Å². The van der Waals surface area contributed by atoms with Crippen LogP contribution in [0.4, 0.5) is 10.8 Å². The summed E-state index contributed by atoms with van der Waals surface area (Å²) in [7, 11) is -3.85. The minimum atomic E-state index is -3.85. The average molecular weight is 325 g/mol. The first kappa shape index (κ1) is 15.5. The second kappa shape index (κ2) is 5.45. The van der Waals surface area contributed by atoms with Crippen LogP contribution in [0.5, 0.6) is 0 Å². The number of rotatable bonds is 4. The molecule has 0 spiro atoms. The zero-order valence-electron chi connectivity index (χ0n) is 11.8. The lowest BCUT2D eigenvalue weighted by Gasteiger charge is -2.12. The Bertz CT molecular complexity index is 810. The molecule has 0 saturated heterocycles. The Hall–Kier alpha value is -1.93. The maximum absolute atomic E-state index is 12.5. The highest BCUT2D eigenvalue weighted by Crippen LogP contribution is 2.28. The van der Waals surface area contributed by atoms with Crippen molar-refractivity contribution >= 4 is 38.0 Å². The number of carbonyl (C=O) groups excluding carboxylic acids is 1. The van der Waals surface area contributed by atoms with Gasteiger partial charge in [-0.2, -0.15) is 0 Å². The molecule has 0 atom stereocenters. The summed E-state index contributed by atoms with van der Waals surface area (Å²) in [4.78, 5) is 15.2. The molecule has 1 aromatic heterocycles. The van der Waals surface area contributed by atoms with Crippen molar-refractivity contribution in [2.75, 3.05) is 10.5 Å². The first-order chi connectivity index (χ1) is 9.72. The van der Waals surface area contributed by atoms with Gasteiger partial charge >= 0.3 is 0 Å². The Morgan fingerprint density at radius 1 is 1.29 bits per heavy atom. The third kappa shape index (κ3) is 3.06. The lowest BCUT2D eigenvalue weighted by Crippen LogP contribution is -2.17. The third-order valence-electron chi connectivity index (χ3n) is 2.97. The summed E-state index contributed by atoms with van der Waals surface area (Å²) in [6.07, 6.45) is 0. The number of nitrogens with two attached hydrogens (primary N) is 1. The van der Waals surface area contributed by atoms with Gasteiger partial charge in [-0.05, 0) is 25.0 Å². The smallest absolute Gasteiger partial charge is 0.265 e. The zero-order chi connectivity index (χ0) is 15.8. The fraction of sp³-hybridized carbons (Fsp3) is 0.231. The second-order valence-corrected chi connectivity index (χ2v) is 7.12. The molecule has 112 valence electrons. The van der Waals surface area contributed by atoms with Crippen molar-refractivity contribution in [1.82, 2.24) is 4.98 Å². The summed E-state index contributed by atoms with van der Waals surface area (Å²) in [5.41, 5.74) is 7.56. The molecule has 0 bridgehead atoms. The summed E-state index contributed by atoms with van der Waals surface area (Å²) >= 11 is 1.05. The van der Waals surface area contributed by atoms with Crippen molar-refractivity contribution in [2.45, 2.75) is 25.7 Å². The number of anilines is 2. The molecule has 8 heteroatoms. The second-order valence-electron chi connectivity index (χ2n) is 4.64. The van der Waals surface area contributed by atoms with E-state index in [1.807, 2.05) is 0 Å². The lowest BCUT2D eigenvalue weighted by atomic mass is 10.1. The number of hydrogen-bond donors (Lipinski definition) is 2. The molecule has 6 nitrogen and oxygen atoms in total. The Balaban J connectivity index is 2.43. The number of nitrogens with zero attached hydrogens (tertiary/aromatic N) is 1. The number of ketones is 1. The van der Waals surface area contributed by atoms with Crippen LogP contribution >= 0.6 is 11.3 Å². The van der Waals surface area contributed by atoms with E-state index in [2.05, 4.69) is 9.71 Å². The number of sulfonamides is 1. The molecule has 0 amide bonds. The molecule has 0 aliphatic heterocycles. The average Bonchev–Trinajstić information content (AvgIpc) is 2.82. The minimum absolute atomic E-state index is 0.0436. The third-order valence-corrected chi connectivity index (χ3v) is 5.39. The van der Waals surface area contributed by atoms with Crippen LogP contribution in [0.15, 0.2) is 22.4 Å². The Morgan fingerprint density at radius 2 is 1.90 bits per heavy atom. The molecule has 0 radical (unpaired) electrons. The summed E-state index contributed by atoms with van der Waals surface area (Å²) in [5.74, 6) is -0.219. The van der Waals surface area contributed by atoms with Gasteiger partial charge in [0.15, 0.2) is 10.9 Å². The summed E-state index contributed by atoms with van der Waals surface area (Å²) in [5, 5.41) is 1.65. The lowest BCUT2D eigenvalue weighted by molar-refractivity contribution is 0.101. The zero-order valence-corrected chi connectivity index (χ0v) is 13.4. The maximum atomic E-state index is 12.5. The Kier molecular flexibility index (Phi) is 4.02. The predicted molar refractivity (Wildman–Crippen MR) is 83.3 cm³/mol. The highest BCUT2D eigenvalue weighted by atomic mass is 32.2. The van der Waals surface area contributed by atoms with Crippen LogP contribution in [0, 0.1) is 13.8 Å². The number of nitrogens with one attached hydrogen (secondary N) is 1. The first-order valence-electron chi connectivity index (χ1n) is 6.07. The van der Waals surface area contributed by atoms with E-state index in [-0.39, 0.29) is 27.2 Å². The van der Waals surface area contributed by atoms with Gasteiger partial charge in [-0.15, -0.1) is 11.3 Å². The fourth-order valence-electron chi connectivity index (χ4n) is 1.81. The van der Waals surface area contributed by atoms with Crippen molar-refractivity contribution in [1.29, 1.82) is 0 Å². The molecule has 0 aliphatic rings. The van der Waals surface area contributed by atoms with Gasteiger partial charge in [0.25, 0.3) is 10.0 Å². The summed E-state index contributed by atoms with van der Waals surface area (Å²) < 4.78 is 27.3. The standard InChI is InChI=1S/C13H15N3O3S2/c1-7-4-5-8(2)12(11(7)14)21(18,19)16-13-15-10(6-20-13)9(3)17/h4-6H,14H2,1-3H3,(H,15,16). The SMILES string of the molecule is CC(=O)c1csc(NS(=O)(=O)c2c(C)ccc(C)c2N)n1. The van der Waals surface area contributed by atoms with Crippen LogP contribution in [0.25, 0.3) is 0 Å². The number of aryl methyl sites for hydroxylation is 2. The molecule has 0 saturated carbocycles. The number of hydrogen-bond acceptors (Lipinski definition) is 6. The molecule has 2 aromatic rings. The first-order valence-corrected chi connectivity index (χ1v) is 8.43. The molecule has 2 rings (SSSR count). The van der Waals surface area contributed by atoms with Crippen LogP contribution in [-0.2, 0) is 10.0 Å². The van der Waals surface area contributed by atoms with Crippen LogP contribution in [0.1, 0.15) is 28.5 Å². The van der Waals surface area contributed by atoms with Gasteiger partial charge in [0.05, 0.1) is 5.69 Å². The fourth-order valence-corrected chi connectivity index (χ4v) is 4.25. The topological polar surface area (TPSA) is 102 Å². The molecular formula is C13H15N3O3S2. The molecule has 21 heavy (non-hydrogen) atoms. The Labute approximate surface area is 127 Å². The summed E-state index contributed by atoms with van der Waals surface area (Å²) in [6.45, 7) is 4.79. The van der Waals surface area contributed by atoms with E-state index >= 15 is 0 Å². The quantitative estimate of drug-likeness (QED) is 0.663. The Morgan fingerprint density at radius 3 is 2.48 bits per heavy atom. The number of carbonyl (C=O) groups is 1. The van der Waals surface area contributed by atoms with Crippen molar-refractivity contribution < 1.29 is 13.2 Å². The van der Waals surface area contributed by atoms with E-state index in [1.54, 1.807) is 26.0 Å². The predicted octanol–water partition coefficient (Wildman–Crippen LogP) is 2.35. The molecule has 0 unspecified atom stereocenters. The van der Waals surface area contributed by atoms with Gasteiger partial charge in [0.1, 0.15) is 10.6 Å². The van der Waals surface area contributed by atoms with Gasteiger partial charge in [0.2, 0.25) is 0 Å². The van der Waals surface area contributed by atoms with Crippen LogP contribution in [0.2, 0.25) is 0 Å². The van der Waals surface area contributed by atoms with E-state index in [0.29, 0.717) is 11.1 Å². The van der Waals surface area contributed by atoms with Crippen LogP contribution < -0.4 is 10.5 Å². The van der Waals surface area contributed by atoms with Gasteiger partial charge < -0.3 is 5.73 Å². The van der Waals surface area contributed by atoms with Crippen molar-refractivity contribution in [3.63, 3.8) is 0 Å². The highest BCUT2D eigenvalue weighted by Gasteiger charge is 2.22. The summed E-state index contributed by atoms with van der Waals surface area (Å²) in [6, 6.07) is 3.46. The largest absolute Gasteiger partial charge is 0.397 e. The molecule has 1 aromatic carbocycles. The van der Waals surface area contributed by atoms with E-state index in [9.17, 15) is 13.2 Å². The van der Waals surface area contributed by atoms with E-state index < -0.39 is 10.0 Å². The maximum Gasteiger partial charge on any atom is 0.265 e.